The minimum absolute atomic E-state index is 0.0905. The summed E-state index contributed by atoms with van der Waals surface area (Å²) in [4.78, 5) is 27.9. The third kappa shape index (κ3) is 6.73. The highest BCUT2D eigenvalue weighted by molar-refractivity contribution is 6.30. The normalized spacial score (nSPS) is 14.8. The standard InChI is InChI=1S/C25H31ClN2O3/c1-3-23(25(30)27-21-8-4-5-9-21)28(16-19-11-13-20(26)14-12-19)24(29)17-31-22-10-6-7-18(2)15-22/h6-7,10-15,21,23H,3-5,8-9,16-17H2,1-2H3,(H,27,30)/t23-/m0/s1. The van der Waals surface area contributed by atoms with Crippen molar-refractivity contribution in [3.8, 4) is 5.75 Å². The number of carbonyl (C=O) groups is 2. The summed E-state index contributed by atoms with van der Waals surface area (Å²) in [7, 11) is 0. The van der Waals surface area contributed by atoms with Crippen molar-refractivity contribution in [3.63, 3.8) is 0 Å². The highest BCUT2D eigenvalue weighted by atomic mass is 35.5. The Hall–Kier alpha value is -2.53. The number of aryl methyl sites for hydroxylation is 1. The quantitative estimate of drug-likeness (QED) is 0.601. The summed E-state index contributed by atoms with van der Waals surface area (Å²) in [6, 6.07) is 14.6. The lowest BCUT2D eigenvalue weighted by Gasteiger charge is -2.31. The number of rotatable bonds is 9. The van der Waals surface area contributed by atoms with E-state index in [1.165, 1.54) is 0 Å². The van der Waals surface area contributed by atoms with Gasteiger partial charge in [-0.15, -0.1) is 0 Å². The molecule has 0 aromatic heterocycles. The summed E-state index contributed by atoms with van der Waals surface area (Å²) in [5.41, 5.74) is 1.98. The highest BCUT2D eigenvalue weighted by Crippen LogP contribution is 2.20. The van der Waals surface area contributed by atoms with Crippen LogP contribution >= 0.6 is 11.6 Å². The first-order valence-corrected chi connectivity index (χ1v) is 11.4. The molecule has 0 heterocycles. The van der Waals surface area contributed by atoms with Crippen molar-refractivity contribution in [2.24, 2.45) is 0 Å². The first-order chi connectivity index (χ1) is 15.0. The fourth-order valence-electron chi connectivity index (χ4n) is 4.01. The molecule has 31 heavy (non-hydrogen) atoms. The summed E-state index contributed by atoms with van der Waals surface area (Å²) < 4.78 is 5.75. The Morgan fingerprint density at radius 2 is 1.87 bits per heavy atom. The van der Waals surface area contributed by atoms with Crippen LogP contribution in [0.3, 0.4) is 0 Å². The van der Waals surface area contributed by atoms with E-state index in [1.54, 1.807) is 17.0 Å². The van der Waals surface area contributed by atoms with E-state index in [4.69, 9.17) is 16.3 Å². The number of ether oxygens (including phenoxy) is 1. The van der Waals surface area contributed by atoms with Crippen molar-refractivity contribution in [3.05, 3.63) is 64.7 Å². The topological polar surface area (TPSA) is 58.6 Å². The van der Waals surface area contributed by atoms with E-state index in [9.17, 15) is 9.59 Å². The van der Waals surface area contributed by atoms with Crippen molar-refractivity contribution >= 4 is 23.4 Å². The second kappa shape index (κ2) is 11.2. The van der Waals surface area contributed by atoms with E-state index in [1.807, 2.05) is 50.2 Å². The number of amides is 2. The van der Waals surface area contributed by atoms with Gasteiger partial charge >= 0.3 is 0 Å². The van der Waals surface area contributed by atoms with Crippen molar-refractivity contribution in [2.45, 2.75) is 64.6 Å². The Kier molecular flexibility index (Phi) is 8.35. The molecule has 1 N–H and O–H groups in total. The van der Waals surface area contributed by atoms with Crippen LogP contribution in [0.25, 0.3) is 0 Å². The molecule has 6 heteroatoms. The minimum Gasteiger partial charge on any atom is -0.484 e. The van der Waals surface area contributed by atoms with Crippen LogP contribution < -0.4 is 10.1 Å². The summed E-state index contributed by atoms with van der Waals surface area (Å²) in [6.45, 7) is 4.11. The molecular weight excluding hydrogens is 412 g/mol. The van der Waals surface area contributed by atoms with Gasteiger partial charge in [-0.3, -0.25) is 9.59 Å². The molecule has 3 rings (SSSR count). The Labute approximate surface area is 189 Å². The number of carbonyl (C=O) groups excluding carboxylic acids is 2. The van der Waals surface area contributed by atoms with Gasteiger partial charge in [-0.25, -0.2) is 0 Å². The van der Waals surface area contributed by atoms with E-state index in [0.717, 1.165) is 36.8 Å². The largest absolute Gasteiger partial charge is 0.484 e. The molecule has 1 atom stereocenters. The molecule has 5 nitrogen and oxygen atoms in total. The average Bonchev–Trinajstić information content (AvgIpc) is 3.26. The Morgan fingerprint density at radius 1 is 1.16 bits per heavy atom. The van der Waals surface area contributed by atoms with Gasteiger partial charge in [0.05, 0.1) is 0 Å². The van der Waals surface area contributed by atoms with E-state index in [0.29, 0.717) is 23.7 Å². The maximum absolute atomic E-state index is 13.2. The van der Waals surface area contributed by atoms with Crippen LogP contribution in [0.1, 0.15) is 50.2 Å². The average molecular weight is 443 g/mol. The van der Waals surface area contributed by atoms with E-state index in [-0.39, 0.29) is 24.5 Å². The number of hydrogen-bond donors (Lipinski definition) is 1. The lowest BCUT2D eigenvalue weighted by atomic mass is 10.1. The lowest BCUT2D eigenvalue weighted by Crippen LogP contribution is -2.52. The molecule has 1 aliphatic rings. The van der Waals surface area contributed by atoms with Crippen LogP contribution in [0.5, 0.6) is 5.75 Å². The molecule has 1 saturated carbocycles. The first-order valence-electron chi connectivity index (χ1n) is 11.0. The number of nitrogens with zero attached hydrogens (tertiary/aromatic N) is 1. The first kappa shape index (κ1) is 23.1. The number of nitrogens with one attached hydrogen (secondary N) is 1. The smallest absolute Gasteiger partial charge is 0.261 e. The summed E-state index contributed by atoms with van der Waals surface area (Å²) in [6.07, 6.45) is 4.81. The molecule has 2 amide bonds. The van der Waals surface area contributed by atoms with Gasteiger partial charge in [0.1, 0.15) is 11.8 Å². The van der Waals surface area contributed by atoms with Gasteiger partial charge in [0.2, 0.25) is 5.91 Å². The van der Waals surface area contributed by atoms with Gasteiger partial charge in [-0.1, -0.05) is 55.6 Å². The zero-order chi connectivity index (χ0) is 22.2. The van der Waals surface area contributed by atoms with Crippen LogP contribution in [-0.2, 0) is 16.1 Å². The van der Waals surface area contributed by atoms with Crippen LogP contribution in [0.2, 0.25) is 5.02 Å². The fourth-order valence-corrected chi connectivity index (χ4v) is 4.13. The summed E-state index contributed by atoms with van der Waals surface area (Å²) in [5.74, 6) is 0.334. The maximum atomic E-state index is 13.2. The zero-order valence-electron chi connectivity index (χ0n) is 18.3. The third-order valence-electron chi connectivity index (χ3n) is 5.71. The van der Waals surface area contributed by atoms with Crippen LogP contribution in [0.15, 0.2) is 48.5 Å². The van der Waals surface area contributed by atoms with Crippen LogP contribution in [0, 0.1) is 6.92 Å². The van der Waals surface area contributed by atoms with Gasteiger partial charge in [0.25, 0.3) is 5.91 Å². The predicted octanol–water partition coefficient (Wildman–Crippen LogP) is 4.89. The molecule has 2 aromatic rings. The molecule has 0 radical (unpaired) electrons. The van der Waals surface area contributed by atoms with Gasteiger partial charge in [0, 0.05) is 17.6 Å². The maximum Gasteiger partial charge on any atom is 0.261 e. The molecule has 2 aromatic carbocycles. The molecular formula is C25H31ClN2O3. The molecule has 0 bridgehead atoms. The molecule has 0 saturated heterocycles. The monoisotopic (exact) mass is 442 g/mol. The highest BCUT2D eigenvalue weighted by Gasteiger charge is 2.30. The molecule has 0 aliphatic heterocycles. The van der Waals surface area contributed by atoms with Gasteiger partial charge in [0.15, 0.2) is 6.61 Å². The second-order valence-corrected chi connectivity index (χ2v) is 8.60. The molecule has 0 unspecified atom stereocenters. The van der Waals surface area contributed by atoms with Gasteiger partial charge < -0.3 is 15.0 Å². The molecule has 0 spiro atoms. The Bertz CT molecular complexity index is 879. The number of benzene rings is 2. The molecule has 166 valence electrons. The van der Waals surface area contributed by atoms with Crippen molar-refractivity contribution in [1.82, 2.24) is 10.2 Å². The van der Waals surface area contributed by atoms with E-state index >= 15 is 0 Å². The summed E-state index contributed by atoms with van der Waals surface area (Å²) >= 11 is 6.01. The lowest BCUT2D eigenvalue weighted by molar-refractivity contribution is -0.143. The van der Waals surface area contributed by atoms with Crippen LogP contribution in [-0.4, -0.2) is 35.4 Å². The Morgan fingerprint density at radius 3 is 2.52 bits per heavy atom. The minimum atomic E-state index is -0.551. The third-order valence-corrected chi connectivity index (χ3v) is 5.96. The Balaban J connectivity index is 1.75. The molecule has 1 aliphatic carbocycles. The van der Waals surface area contributed by atoms with E-state index in [2.05, 4.69) is 5.32 Å². The van der Waals surface area contributed by atoms with Gasteiger partial charge in [-0.05, 0) is 61.6 Å². The van der Waals surface area contributed by atoms with Crippen molar-refractivity contribution in [1.29, 1.82) is 0 Å². The fraction of sp³-hybridized carbons (Fsp3) is 0.440. The predicted molar refractivity (Wildman–Crippen MR) is 123 cm³/mol. The number of hydrogen-bond acceptors (Lipinski definition) is 3. The molecule has 1 fully saturated rings. The van der Waals surface area contributed by atoms with Gasteiger partial charge in [-0.2, -0.15) is 0 Å². The summed E-state index contributed by atoms with van der Waals surface area (Å²) in [5, 5.41) is 3.78. The van der Waals surface area contributed by atoms with Crippen molar-refractivity contribution in [2.75, 3.05) is 6.61 Å². The second-order valence-electron chi connectivity index (χ2n) is 8.17. The number of halogens is 1. The van der Waals surface area contributed by atoms with Crippen LogP contribution in [0.4, 0.5) is 0 Å². The SMILES string of the molecule is CC[C@@H](C(=O)NC1CCCC1)N(Cc1ccc(Cl)cc1)C(=O)COc1cccc(C)c1. The van der Waals surface area contributed by atoms with E-state index < -0.39 is 6.04 Å². The zero-order valence-corrected chi connectivity index (χ0v) is 19.0. The van der Waals surface area contributed by atoms with Crippen molar-refractivity contribution < 1.29 is 14.3 Å².